The number of rotatable bonds is 0. The summed E-state index contributed by atoms with van der Waals surface area (Å²) in [5.41, 5.74) is 24.5. The molecule has 0 spiro atoms. The minimum atomic E-state index is 0.390. The summed E-state index contributed by atoms with van der Waals surface area (Å²) in [7, 11) is 0. The topological polar surface area (TPSA) is 130 Å². The molecule has 0 aliphatic rings. The van der Waals surface area contributed by atoms with Crippen LogP contribution in [0.3, 0.4) is 0 Å². The number of hydrogen-bond donors (Lipinski definition) is 4. The highest BCUT2D eigenvalue weighted by Crippen LogP contribution is 2.21. The van der Waals surface area contributed by atoms with Crippen molar-refractivity contribution in [1.29, 1.82) is 0 Å². The molecule has 6 nitrogen and oxygen atoms in total. The van der Waals surface area contributed by atoms with Crippen LogP contribution in [0.2, 0.25) is 0 Å². The van der Waals surface area contributed by atoms with E-state index in [1.54, 1.807) is 12.1 Å². The van der Waals surface area contributed by atoms with Gasteiger partial charge in [0.2, 0.25) is 0 Å². The number of pyridine rings is 2. The molecule has 0 atom stereocenters. The summed E-state index contributed by atoms with van der Waals surface area (Å²) in [6.07, 6.45) is 0. The SMILES string of the molecule is Cc1nc(N)c(N)cc1Br.Cc1nc(N)c(N)cc1Br. The third-order valence-electron chi connectivity index (χ3n) is 2.42. The Labute approximate surface area is 134 Å². The zero-order valence-electron chi connectivity index (χ0n) is 11.1. The Bertz CT molecular complexity index is 474. The van der Waals surface area contributed by atoms with Crippen molar-refractivity contribution in [2.45, 2.75) is 13.8 Å². The highest BCUT2D eigenvalue weighted by Gasteiger charge is 2.00. The first-order valence-corrected chi connectivity index (χ1v) is 7.17. The monoisotopic (exact) mass is 402 g/mol. The normalized spacial score (nSPS) is 9.80. The Kier molecular flexibility index (Phi) is 5.58. The van der Waals surface area contributed by atoms with Crippen LogP contribution >= 0.6 is 31.9 Å². The van der Waals surface area contributed by atoms with Crippen molar-refractivity contribution in [3.63, 3.8) is 0 Å². The molecule has 2 heterocycles. The van der Waals surface area contributed by atoms with Crippen molar-refractivity contribution in [1.82, 2.24) is 9.97 Å². The van der Waals surface area contributed by atoms with Crippen molar-refractivity contribution >= 4 is 54.9 Å². The second kappa shape index (κ2) is 6.76. The van der Waals surface area contributed by atoms with E-state index in [1.165, 1.54) is 0 Å². The van der Waals surface area contributed by atoms with Crippen molar-refractivity contribution in [2.75, 3.05) is 22.9 Å². The molecule has 0 aliphatic carbocycles. The minimum absolute atomic E-state index is 0.390. The minimum Gasteiger partial charge on any atom is -0.396 e. The van der Waals surface area contributed by atoms with Crippen molar-refractivity contribution in [3.8, 4) is 0 Å². The zero-order valence-corrected chi connectivity index (χ0v) is 14.3. The van der Waals surface area contributed by atoms with Crippen LogP contribution in [0.4, 0.5) is 23.0 Å². The lowest BCUT2D eigenvalue weighted by atomic mass is 10.3. The molecule has 2 aromatic rings. The van der Waals surface area contributed by atoms with Crippen LogP contribution in [0.5, 0.6) is 0 Å². The van der Waals surface area contributed by atoms with Crippen LogP contribution in [-0.4, -0.2) is 9.97 Å². The molecule has 0 aliphatic heterocycles. The summed E-state index contributed by atoms with van der Waals surface area (Å²) in [5.74, 6) is 0.779. The summed E-state index contributed by atoms with van der Waals surface area (Å²) in [5, 5.41) is 0. The highest BCUT2D eigenvalue weighted by molar-refractivity contribution is 9.10. The highest BCUT2D eigenvalue weighted by atomic mass is 79.9. The summed E-state index contributed by atoms with van der Waals surface area (Å²) in [6.45, 7) is 3.72. The van der Waals surface area contributed by atoms with Crippen molar-refractivity contribution in [2.24, 2.45) is 0 Å². The van der Waals surface area contributed by atoms with Crippen LogP contribution in [0, 0.1) is 13.8 Å². The largest absolute Gasteiger partial charge is 0.396 e. The number of nitrogen functional groups attached to an aromatic ring is 4. The Balaban J connectivity index is 0.000000200. The van der Waals surface area contributed by atoms with Crippen LogP contribution in [0.15, 0.2) is 21.1 Å². The zero-order chi connectivity index (χ0) is 15.4. The maximum absolute atomic E-state index is 5.47. The first-order valence-electron chi connectivity index (χ1n) is 5.58. The molecule has 0 fully saturated rings. The van der Waals surface area contributed by atoms with Gasteiger partial charge in [-0.1, -0.05) is 0 Å². The van der Waals surface area contributed by atoms with Crippen LogP contribution in [0.25, 0.3) is 0 Å². The third kappa shape index (κ3) is 4.24. The number of nitrogens with two attached hydrogens (primary N) is 4. The van der Waals surface area contributed by atoms with Gasteiger partial charge >= 0.3 is 0 Å². The standard InChI is InChI=1S/2C6H8BrN3/c2*1-3-4(7)2-5(8)6(9)10-3/h2*2H,8H2,1H3,(H2,9,10). The van der Waals surface area contributed by atoms with Crippen LogP contribution in [0.1, 0.15) is 11.4 Å². The molecule has 0 radical (unpaired) electrons. The number of aryl methyl sites for hydroxylation is 2. The molecule has 2 aromatic heterocycles. The molecule has 0 aromatic carbocycles. The van der Waals surface area contributed by atoms with Gasteiger partial charge in [0.1, 0.15) is 11.6 Å². The molecule has 0 bridgehead atoms. The van der Waals surface area contributed by atoms with Gasteiger partial charge in [0, 0.05) is 8.95 Å². The maximum Gasteiger partial charge on any atom is 0.146 e. The fourth-order valence-electron chi connectivity index (χ4n) is 1.23. The Hall–Kier alpha value is -1.54. The van der Waals surface area contributed by atoms with E-state index in [1.807, 2.05) is 13.8 Å². The van der Waals surface area contributed by atoms with Gasteiger partial charge in [-0.2, -0.15) is 0 Å². The number of hydrogen-bond acceptors (Lipinski definition) is 6. The molecule has 2 rings (SSSR count). The fourth-order valence-corrected chi connectivity index (χ4v) is 1.90. The smallest absolute Gasteiger partial charge is 0.146 e. The van der Waals surface area contributed by atoms with E-state index < -0.39 is 0 Å². The van der Waals surface area contributed by atoms with Gasteiger partial charge in [-0.05, 0) is 57.8 Å². The molecule has 0 saturated carbocycles. The molecule has 0 saturated heterocycles. The Morgan fingerprint density at radius 1 is 0.750 bits per heavy atom. The van der Waals surface area contributed by atoms with E-state index in [0.29, 0.717) is 23.0 Å². The summed E-state index contributed by atoms with van der Waals surface area (Å²) >= 11 is 6.56. The van der Waals surface area contributed by atoms with Gasteiger partial charge in [-0.25, -0.2) is 9.97 Å². The second-order valence-electron chi connectivity index (χ2n) is 4.06. The predicted molar refractivity (Wildman–Crippen MR) is 91.0 cm³/mol. The maximum atomic E-state index is 5.47. The first kappa shape index (κ1) is 16.5. The molecular weight excluding hydrogens is 388 g/mol. The summed E-state index contributed by atoms with van der Waals surface area (Å²) in [4.78, 5) is 7.96. The molecule has 0 unspecified atom stereocenters. The third-order valence-corrected chi connectivity index (χ3v) is 4.03. The van der Waals surface area contributed by atoms with Gasteiger partial charge < -0.3 is 22.9 Å². The van der Waals surface area contributed by atoms with Gasteiger partial charge in [0.25, 0.3) is 0 Å². The average Bonchev–Trinajstić information content (AvgIpc) is 2.35. The lowest BCUT2D eigenvalue weighted by Crippen LogP contribution is -1.99. The average molecular weight is 404 g/mol. The van der Waals surface area contributed by atoms with Crippen LogP contribution < -0.4 is 22.9 Å². The molecule has 8 heteroatoms. The van der Waals surface area contributed by atoms with E-state index in [2.05, 4.69) is 41.8 Å². The summed E-state index contributed by atoms with van der Waals surface area (Å²) in [6, 6.07) is 3.50. The van der Waals surface area contributed by atoms with Gasteiger partial charge in [0.15, 0.2) is 0 Å². The van der Waals surface area contributed by atoms with E-state index in [0.717, 1.165) is 20.3 Å². The molecule has 8 N–H and O–H groups in total. The number of halogens is 2. The van der Waals surface area contributed by atoms with E-state index in [4.69, 9.17) is 22.9 Å². The van der Waals surface area contributed by atoms with E-state index in [9.17, 15) is 0 Å². The van der Waals surface area contributed by atoms with E-state index in [-0.39, 0.29) is 0 Å². The van der Waals surface area contributed by atoms with E-state index >= 15 is 0 Å². The number of anilines is 4. The number of aromatic nitrogens is 2. The second-order valence-corrected chi connectivity index (χ2v) is 5.77. The van der Waals surface area contributed by atoms with Gasteiger partial charge in [-0.15, -0.1) is 0 Å². The van der Waals surface area contributed by atoms with Crippen molar-refractivity contribution in [3.05, 3.63) is 32.5 Å². The summed E-state index contributed by atoms with van der Waals surface area (Å²) < 4.78 is 1.78. The van der Waals surface area contributed by atoms with Crippen molar-refractivity contribution < 1.29 is 0 Å². The lowest BCUT2D eigenvalue weighted by molar-refractivity contribution is 1.19. The lowest BCUT2D eigenvalue weighted by Gasteiger charge is -2.01. The molecule has 108 valence electrons. The predicted octanol–water partition coefficient (Wildman–Crippen LogP) is 2.63. The Morgan fingerprint density at radius 2 is 1.05 bits per heavy atom. The van der Waals surface area contributed by atoms with Crippen LogP contribution in [-0.2, 0) is 0 Å². The molecule has 0 amide bonds. The molecule has 20 heavy (non-hydrogen) atoms. The fraction of sp³-hybridized carbons (Fsp3) is 0.167. The van der Waals surface area contributed by atoms with Gasteiger partial charge in [-0.3, -0.25) is 0 Å². The van der Waals surface area contributed by atoms with Gasteiger partial charge in [0.05, 0.1) is 22.8 Å². The first-order chi connectivity index (χ1) is 9.22. The Morgan fingerprint density at radius 3 is 1.30 bits per heavy atom. The molecular formula is C12H16Br2N6. The quantitative estimate of drug-likeness (QED) is 0.534. The number of nitrogens with zero attached hydrogens (tertiary/aromatic N) is 2.